The Bertz CT molecular complexity index is 875. The maximum Gasteiger partial charge on any atom is 0.330 e. The molecular weight excluding hydrogens is 354 g/mol. The van der Waals surface area contributed by atoms with Crippen molar-refractivity contribution in [2.45, 2.75) is 32.4 Å². The second-order valence-corrected chi connectivity index (χ2v) is 8.43. The summed E-state index contributed by atoms with van der Waals surface area (Å²) >= 11 is 0. The van der Waals surface area contributed by atoms with Crippen molar-refractivity contribution in [2.75, 3.05) is 27.2 Å². The van der Waals surface area contributed by atoms with Crippen LogP contribution in [-0.4, -0.2) is 60.1 Å². The van der Waals surface area contributed by atoms with Gasteiger partial charge in [-0.15, -0.1) is 0 Å². The first-order valence-electron chi connectivity index (χ1n) is 9.63. The molecular formula is C22H29N3O3. The number of carboxylic acids is 1. The van der Waals surface area contributed by atoms with Crippen molar-refractivity contribution in [3.8, 4) is 0 Å². The van der Waals surface area contributed by atoms with Crippen LogP contribution in [0.5, 0.6) is 0 Å². The van der Waals surface area contributed by atoms with Gasteiger partial charge < -0.3 is 20.2 Å². The molecule has 0 aliphatic carbocycles. The van der Waals surface area contributed by atoms with Gasteiger partial charge in [-0.05, 0) is 41.8 Å². The number of likely N-dealkylation sites (tertiary alicyclic amines) is 1. The Morgan fingerprint density at radius 2 is 1.89 bits per heavy atom. The van der Waals surface area contributed by atoms with Crippen LogP contribution in [0.1, 0.15) is 31.9 Å². The average molecular weight is 383 g/mol. The number of benzene rings is 2. The third-order valence-electron chi connectivity index (χ3n) is 5.80. The number of hydrogen-bond acceptors (Lipinski definition) is 3. The maximum atomic E-state index is 13.0. The van der Waals surface area contributed by atoms with Crippen LogP contribution in [-0.2, 0) is 4.79 Å². The Morgan fingerprint density at radius 3 is 2.57 bits per heavy atom. The molecule has 1 aliphatic heterocycles. The lowest BCUT2D eigenvalue weighted by atomic mass is 9.78. The summed E-state index contributed by atoms with van der Waals surface area (Å²) in [6.45, 7) is 6.10. The molecule has 2 aromatic rings. The monoisotopic (exact) mass is 383 g/mol. The van der Waals surface area contributed by atoms with Gasteiger partial charge in [0, 0.05) is 19.6 Å². The molecule has 0 aromatic heterocycles. The zero-order valence-electron chi connectivity index (χ0n) is 17.0. The third-order valence-corrected chi connectivity index (χ3v) is 5.80. The highest BCUT2D eigenvalue weighted by molar-refractivity contribution is 5.92. The first kappa shape index (κ1) is 20.1. The van der Waals surface area contributed by atoms with Gasteiger partial charge in [-0.25, -0.2) is 9.59 Å². The van der Waals surface area contributed by atoms with Crippen molar-refractivity contribution in [3.63, 3.8) is 0 Å². The van der Waals surface area contributed by atoms with Crippen LogP contribution >= 0.6 is 0 Å². The largest absolute Gasteiger partial charge is 0.479 e. The molecule has 1 heterocycles. The summed E-state index contributed by atoms with van der Waals surface area (Å²) in [5.41, 5.74) is 0.520. The van der Waals surface area contributed by atoms with Crippen LogP contribution < -0.4 is 5.32 Å². The average Bonchev–Trinajstić information content (AvgIpc) is 2.64. The molecule has 0 radical (unpaired) electrons. The fraction of sp³-hybridized carbons (Fsp3) is 0.455. The van der Waals surface area contributed by atoms with E-state index in [2.05, 4.69) is 31.1 Å². The van der Waals surface area contributed by atoms with Gasteiger partial charge in [0.15, 0.2) is 6.04 Å². The first-order valence-corrected chi connectivity index (χ1v) is 9.63. The molecule has 6 heteroatoms. The Kier molecular flexibility index (Phi) is 5.61. The molecule has 0 saturated carbocycles. The number of piperidine rings is 1. The van der Waals surface area contributed by atoms with E-state index in [9.17, 15) is 14.7 Å². The van der Waals surface area contributed by atoms with Crippen molar-refractivity contribution < 1.29 is 14.7 Å². The Hall–Kier alpha value is -2.60. The van der Waals surface area contributed by atoms with E-state index < -0.39 is 12.0 Å². The molecule has 2 unspecified atom stereocenters. The fourth-order valence-corrected chi connectivity index (χ4v) is 4.47. The molecule has 1 saturated heterocycles. The number of urea groups is 1. The molecule has 2 atom stereocenters. The van der Waals surface area contributed by atoms with Crippen LogP contribution in [0.3, 0.4) is 0 Å². The predicted octanol–water partition coefficient (Wildman–Crippen LogP) is 3.34. The van der Waals surface area contributed by atoms with Crippen LogP contribution in [0, 0.1) is 5.41 Å². The SMILES string of the molecule is CN1CCC(N(C)C(=O)NC(C(=O)O)c2cccc3ccccc23)C(C)(C)C1. The lowest BCUT2D eigenvalue weighted by Crippen LogP contribution is -2.57. The molecule has 0 spiro atoms. The van der Waals surface area contributed by atoms with Gasteiger partial charge in [0.25, 0.3) is 0 Å². The van der Waals surface area contributed by atoms with Gasteiger partial charge in [0.2, 0.25) is 0 Å². The maximum absolute atomic E-state index is 13.0. The van der Waals surface area contributed by atoms with Gasteiger partial charge >= 0.3 is 12.0 Å². The summed E-state index contributed by atoms with van der Waals surface area (Å²) in [6.07, 6.45) is 0.861. The van der Waals surface area contributed by atoms with Gasteiger partial charge in [-0.2, -0.15) is 0 Å². The number of rotatable bonds is 4. The number of hydrogen-bond donors (Lipinski definition) is 2. The number of nitrogens with zero attached hydrogens (tertiary/aromatic N) is 2. The molecule has 1 aliphatic rings. The Morgan fingerprint density at radius 1 is 1.21 bits per heavy atom. The summed E-state index contributed by atoms with van der Waals surface area (Å²) in [6, 6.07) is 11.7. The fourth-order valence-electron chi connectivity index (χ4n) is 4.47. The van der Waals surface area contributed by atoms with E-state index in [0.29, 0.717) is 5.56 Å². The van der Waals surface area contributed by atoms with Gasteiger partial charge in [0.1, 0.15) is 0 Å². The van der Waals surface area contributed by atoms with Crippen molar-refractivity contribution in [1.82, 2.24) is 15.1 Å². The summed E-state index contributed by atoms with van der Waals surface area (Å²) in [4.78, 5) is 28.9. The molecule has 6 nitrogen and oxygen atoms in total. The van der Waals surface area contributed by atoms with Crippen LogP contribution in [0.15, 0.2) is 42.5 Å². The number of aliphatic carboxylic acids is 1. The van der Waals surface area contributed by atoms with Gasteiger partial charge in [0.05, 0.1) is 0 Å². The second-order valence-electron chi connectivity index (χ2n) is 8.43. The smallest absolute Gasteiger partial charge is 0.330 e. The first-order chi connectivity index (χ1) is 13.2. The number of carbonyl (C=O) groups is 2. The summed E-state index contributed by atoms with van der Waals surface area (Å²) in [7, 11) is 3.84. The molecule has 1 fully saturated rings. The van der Waals surface area contributed by atoms with Crippen molar-refractivity contribution in [2.24, 2.45) is 5.41 Å². The van der Waals surface area contributed by atoms with E-state index >= 15 is 0 Å². The second kappa shape index (κ2) is 7.80. The number of nitrogens with one attached hydrogen (secondary N) is 1. The minimum absolute atomic E-state index is 0.0469. The summed E-state index contributed by atoms with van der Waals surface area (Å²) < 4.78 is 0. The highest BCUT2D eigenvalue weighted by atomic mass is 16.4. The standard InChI is InChI=1S/C22H29N3O3/c1-22(2)14-24(3)13-12-18(22)25(4)21(28)23-19(20(26)27)17-11-7-9-15-8-5-6-10-16(15)17/h5-11,18-19H,12-14H2,1-4H3,(H,23,28)(H,26,27). The molecule has 2 amide bonds. The molecule has 2 aromatic carbocycles. The minimum Gasteiger partial charge on any atom is -0.479 e. The van der Waals surface area contributed by atoms with E-state index in [-0.39, 0.29) is 17.5 Å². The van der Waals surface area contributed by atoms with E-state index in [4.69, 9.17) is 0 Å². The van der Waals surface area contributed by atoms with E-state index in [1.807, 2.05) is 36.4 Å². The molecule has 3 rings (SSSR count). The summed E-state index contributed by atoms with van der Waals surface area (Å²) in [5.74, 6) is -1.07. The molecule has 28 heavy (non-hydrogen) atoms. The zero-order chi connectivity index (χ0) is 20.5. The highest BCUT2D eigenvalue weighted by Crippen LogP contribution is 2.32. The highest BCUT2D eigenvalue weighted by Gasteiger charge is 2.39. The van der Waals surface area contributed by atoms with Gasteiger partial charge in [-0.1, -0.05) is 56.3 Å². The van der Waals surface area contributed by atoms with E-state index in [1.54, 1.807) is 18.0 Å². The summed E-state index contributed by atoms with van der Waals surface area (Å²) in [5, 5.41) is 14.4. The Balaban J connectivity index is 1.84. The van der Waals surface area contributed by atoms with Crippen LogP contribution in [0.2, 0.25) is 0 Å². The molecule has 0 bridgehead atoms. The lowest BCUT2D eigenvalue weighted by Gasteiger charge is -2.47. The zero-order valence-corrected chi connectivity index (χ0v) is 17.0. The quantitative estimate of drug-likeness (QED) is 0.849. The number of fused-ring (bicyclic) bond motifs is 1. The van der Waals surface area contributed by atoms with Crippen LogP contribution in [0.4, 0.5) is 4.79 Å². The Labute approximate surface area is 166 Å². The van der Waals surface area contributed by atoms with E-state index in [0.717, 1.165) is 30.3 Å². The normalized spacial score (nSPS) is 20.5. The minimum atomic E-state index is -1.10. The van der Waals surface area contributed by atoms with Crippen molar-refractivity contribution >= 4 is 22.8 Å². The van der Waals surface area contributed by atoms with Crippen molar-refractivity contribution in [1.29, 1.82) is 0 Å². The molecule has 150 valence electrons. The van der Waals surface area contributed by atoms with E-state index in [1.165, 1.54) is 0 Å². The third kappa shape index (κ3) is 3.97. The van der Waals surface area contributed by atoms with Gasteiger partial charge in [-0.3, -0.25) is 0 Å². The lowest BCUT2D eigenvalue weighted by molar-refractivity contribution is -0.139. The number of carbonyl (C=O) groups excluding carboxylic acids is 1. The predicted molar refractivity (Wildman–Crippen MR) is 110 cm³/mol. The van der Waals surface area contributed by atoms with Crippen LogP contribution in [0.25, 0.3) is 10.8 Å². The van der Waals surface area contributed by atoms with Crippen molar-refractivity contribution in [3.05, 3.63) is 48.0 Å². The number of amides is 2. The number of carboxylic acid groups (broad SMARTS) is 1. The molecule has 2 N–H and O–H groups in total. The topological polar surface area (TPSA) is 72.9 Å².